The van der Waals surface area contributed by atoms with E-state index in [1.54, 1.807) is 19.2 Å². The minimum absolute atomic E-state index is 0.0438. The minimum atomic E-state index is -0.136. The van der Waals surface area contributed by atoms with Crippen molar-refractivity contribution in [2.75, 3.05) is 44.7 Å². The quantitative estimate of drug-likeness (QED) is 0.352. The van der Waals surface area contributed by atoms with E-state index in [1.165, 1.54) is 0 Å². The fourth-order valence-electron chi connectivity index (χ4n) is 5.44. The van der Waals surface area contributed by atoms with Gasteiger partial charge in [0.15, 0.2) is 0 Å². The van der Waals surface area contributed by atoms with Gasteiger partial charge in [0.2, 0.25) is 17.7 Å². The number of pyridine rings is 1. The summed E-state index contributed by atoms with van der Waals surface area (Å²) in [4.78, 5) is 30.2. The van der Waals surface area contributed by atoms with E-state index in [4.69, 9.17) is 31.6 Å². The molecule has 4 aromatic rings. The summed E-state index contributed by atoms with van der Waals surface area (Å²) in [6, 6.07) is 7.45. The van der Waals surface area contributed by atoms with E-state index in [2.05, 4.69) is 25.3 Å². The number of rotatable bonds is 7. The summed E-state index contributed by atoms with van der Waals surface area (Å²) in [6.07, 6.45) is 4.39. The summed E-state index contributed by atoms with van der Waals surface area (Å²) in [5, 5.41) is 8.60. The first-order valence-electron chi connectivity index (χ1n) is 13.3. The Morgan fingerprint density at radius 2 is 2.00 bits per heavy atom. The summed E-state index contributed by atoms with van der Waals surface area (Å²) in [6.45, 7) is 6.12. The third-order valence-electron chi connectivity index (χ3n) is 7.43. The van der Waals surface area contributed by atoms with Crippen LogP contribution in [0.5, 0.6) is 0 Å². The fraction of sp³-hybridized carbons (Fsp3) is 0.444. The van der Waals surface area contributed by atoms with Gasteiger partial charge < -0.3 is 20.3 Å². The predicted molar refractivity (Wildman–Crippen MR) is 149 cm³/mol. The summed E-state index contributed by atoms with van der Waals surface area (Å²) in [5.74, 6) is 1.43. The van der Waals surface area contributed by atoms with Crippen LogP contribution in [0.2, 0.25) is 5.02 Å². The maximum Gasteiger partial charge on any atom is 0.260 e. The molecule has 2 aliphatic heterocycles. The van der Waals surface area contributed by atoms with Gasteiger partial charge in [-0.15, -0.1) is 0 Å². The van der Waals surface area contributed by atoms with Gasteiger partial charge in [-0.3, -0.25) is 14.3 Å². The van der Waals surface area contributed by atoms with E-state index in [0.717, 1.165) is 44.3 Å². The zero-order chi connectivity index (χ0) is 26.9. The van der Waals surface area contributed by atoms with Crippen LogP contribution in [0.15, 0.2) is 39.8 Å². The SMILES string of the molecule is Cc1nc(-c2ccc(-c3cc4cnc(NC5CCOCC5)nc4n(C4CCN(CCN)C4)c3=O)c(Cl)c2)no1. The maximum absolute atomic E-state index is 14.2. The molecule has 6 rings (SSSR count). The molecular formula is C27H31ClN8O3. The highest BCUT2D eigenvalue weighted by molar-refractivity contribution is 6.33. The normalized spacial score (nSPS) is 18.7. The van der Waals surface area contributed by atoms with Gasteiger partial charge in [-0.05, 0) is 31.4 Å². The monoisotopic (exact) mass is 550 g/mol. The third-order valence-corrected chi connectivity index (χ3v) is 7.74. The molecule has 0 amide bonds. The lowest BCUT2D eigenvalue weighted by Crippen LogP contribution is -2.32. The third kappa shape index (κ3) is 5.27. The van der Waals surface area contributed by atoms with Gasteiger partial charge in [0.05, 0.1) is 6.04 Å². The number of aryl methyl sites for hydroxylation is 1. The van der Waals surface area contributed by atoms with Crippen molar-refractivity contribution in [3.63, 3.8) is 0 Å². The van der Waals surface area contributed by atoms with E-state index in [-0.39, 0.29) is 17.6 Å². The largest absolute Gasteiger partial charge is 0.381 e. The average molecular weight is 551 g/mol. The van der Waals surface area contributed by atoms with E-state index >= 15 is 0 Å². The number of anilines is 1. The molecule has 0 saturated carbocycles. The molecule has 39 heavy (non-hydrogen) atoms. The number of ether oxygens (including phenoxy) is 1. The van der Waals surface area contributed by atoms with E-state index in [1.807, 2.05) is 22.8 Å². The van der Waals surface area contributed by atoms with Gasteiger partial charge in [-0.2, -0.15) is 9.97 Å². The zero-order valence-corrected chi connectivity index (χ0v) is 22.5. The molecule has 3 N–H and O–H groups in total. The zero-order valence-electron chi connectivity index (χ0n) is 21.8. The Morgan fingerprint density at radius 1 is 1.15 bits per heavy atom. The molecule has 1 unspecified atom stereocenters. The molecule has 2 aliphatic rings. The Kier molecular flexibility index (Phi) is 7.30. The van der Waals surface area contributed by atoms with Crippen molar-refractivity contribution in [1.29, 1.82) is 0 Å². The molecule has 11 nitrogen and oxygen atoms in total. The van der Waals surface area contributed by atoms with Crippen molar-refractivity contribution < 1.29 is 9.26 Å². The number of hydrogen-bond acceptors (Lipinski definition) is 10. The Morgan fingerprint density at radius 3 is 2.74 bits per heavy atom. The number of nitrogens with zero attached hydrogens (tertiary/aromatic N) is 6. The highest BCUT2D eigenvalue weighted by atomic mass is 35.5. The van der Waals surface area contributed by atoms with Crippen molar-refractivity contribution in [3.8, 4) is 22.5 Å². The number of nitrogens with two attached hydrogens (primary N) is 1. The molecule has 0 radical (unpaired) electrons. The van der Waals surface area contributed by atoms with Crippen molar-refractivity contribution in [2.45, 2.75) is 38.3 Å². The smallest absolute Gasteiger partial charge is 0.260 e. The lowest BCUT2D eigenvalue weighted by Gasteiger charge is -2.24. The Labute approximate surface area is 230 Å². The first-order chi connectivity index (χ1) is 19.0. The van der Waals surface area contributed by atoms with Crippen molar-refractivity contribution in [1.82, 2.24) is 29.6 Å². The number of likely N-dealkylation sites (tertiary alicyclic amines) is 1. The average Bonchev–Trinajstić information content (AvgIpc) is 3.58. The second kappa shape index (κ2) is 11.0. The lowest BCUT2D eigenvalue weighted by molar-refractivity contribution is 0.0903. The second-order valence-corrected chi connectivity index (χ2v) is 10.5. The molecule has 1 atom stereocenters. The molecule has 0 aliphatic carbocycles. The first kappa shape index (κ1) is 25.9. The number of benzene rings is 1. The number of aromatic nitrogens is 5. The van der Waals surface area contributed by atoms with Gasteiger partial charge >= 0.3 is 0 Å². The summed E-state index contributed by atoms with van der Waals surface area (Å²) in [7, 11) is 0. The molecule has 1 aromatic carbocycles. The number of fused-ring (bicyclic) bond motifs is 1. The van der Waals surface area contributed by atoms with Gasteiger partial charge in [-0.25, -0.2) is 4.98 Å². The van der Waals surface area contributed by atoms with Crippen molar-refractivity contribution >= 4 is 28.6 Å². The fourth-order valence-corrected chi connectivity index (χ4v) is 5.73. The topological polar surface area (TPSA) is 137 Å². The van der Waals surface area contributed by atoms with Crippen LogP contribution >= 0.6 is 11.6 Å². The molecule has 204 valence electrons. The number of hydrogen-bond donors (Lipinski definition) is 2. The van der Waals surface area contributed by atoms with Gasteiger partial charge in [0, 0.05) is 85.7 Å². The van der Waals surface area contributed by atoms with E-state index in [9.17, 15) is 4.79 Å². The lowest BCUT2D eigenvalue weighted by atomic mass is 10.0. The summed E-state index contributed by atoms with van der Waals surface area (Å²) < 4.78 is 12.4. The van der Waals surface area contributed by atoms with Gasteiger partial charge in [-0.1, -0.05) is 28.9 Å². The van der Waals surface area contributed by atoms with Gasteiger partial charge in [0.25, 0.3) is 5.56 Å². The second-order valence-electron chi connectivity index (χ2n) is 10.1. The Balaban J connectivity index is 1.44. The first-order valence-corrected chi connectivity index (χ1v) is 13.7. The minimum Gasteiger partial charge on any atom is -0.381 e. The van der Waals surface area contributed by atoms with Crippen LogP contribution in [0.25, 0.3) is 33.5 Å². The summed E-state index contributed by atoms with van der Waals surface area (Å²) in [5.41, 5.74) is 8.13. The standard InChI is InChI=1S/C27H31ClN8O3/c1-16-31-24(34-39-16)17-2-3-21(23(28)13-17)22-12-18-14-30-27(32-19-5-10-38-11-6-19)33-25(18)36(26(22)37)20-4-8-35(15-20)9-7-29/h2-3,12-14,19-20H,4-11,15,29H2,1H3,(H,30,32,33). The van der Waals surface area contributed by atoms with Crippen molar-refractivity contribution in [2.24, 2.45) is 5.73 Å². The molecule has 5 heterocycles. The van der Waals surface area contributed by atoms with Crippen LogP contribution in [0.3, 0.4) is 0 Å². The number of nitrogens with one attached hydrogen (secondary N) is 1. The van der Waals surface area contributed by atoms with E-state index in [0.29, 0.717) is 64.8 Å². The molecule has 0 bridgehead atoms. The number of halogens is 1. The molecule has 0 spiro atoms. The maximum atomic E-state index is 14.2. The highest BCUT2D eigenvalue weighted by Gasteiger charge is 2.28. The predicted octanol–water partition coefficient (Wildman–Crippen LogP) is 3.27. The van der Waals surface area contributed by atoms with Crippen LogP contribution in [-0.4, -0.2) is 75.0 Å². The van der Waals surface area contributed by atoms with Crippen LogP contribution in [-0.2, 0) is 4.74 Å². The molecule has 3 aromatic heterocycles. The Bertz CT molecular complexity index is 1550. The van der Waals surface area contributed by atoms with Crippen molar-refractivity contribution in [3.05, 3.63) is 51.7 Å². The van der Waals surface area contributed by atoms with Crippen LogP contribution in [0.4, 0.5) is 5.95 Å². The van der Waals surface area contributed by atoms with Gasteiger partial charge in [0.1, 0.15) is 5.65 Å². The molecule has 2 fully saturated rings. The molecule has 12 heteroatoms. The summed E-state index contributed by atoms with van der Waals surface area (Å²) >= 11 is 6.75. The molecule has 2 saturated heterocycles. The van der Waals surface area contributed by atoms with Crippen LogP contribution in [0.1, 0.15) is 31.2 Å². The Hall–Kier alpha value is -3.38. The van der Waals surface area contributed by atoms with E-state index < -0.39 is 0 Å². The highest BCUT2D eigenvalue weighted by Crippen LogP contribution is 2.33. The molecular weight excluding hydrogens is 520 g/mol. The van der Waals surface area contributed by atoms with Crippen LogP contribution < -0.4 is 16.6 Å². The van der Waals surface area contributed by atoms with Crippen LogP contribution in [0, 0.1) is 6.92 Å².